The Kier molecular flexibility index (Phi) is 6.17. The molecule has 5 nitrogen and oxygen atoms in total. The first-order valence-corrected chi connectivity index (χ1v) is 9.39. The third kappa shape index (κ3) is 4.44. The smallest absolute Gasteiger partial charge is 0.252 e. The van der Waals surface area contributed by atoms with E-state index in [4.69, 9.17) is 16.3 Å². The molecule has 0 saturated carbocycles. The molecule has 1 unspecified atom stereocenters. The summed E-state index contributed by atoms with van der Waals surface area (Å²) in [7, 11) is 2.02. The zero-order valence-electron chi connectivity index (χ0n) is 14.0. The first-order valence-electron chi connectivity index (χ1n) is 8.22. The second-order valence-corrected chi connectivity index (χ2v) is 7.37. The second kappa shape index (κ2) is 8.36. The lowest BCUT2D eigenvalue weighted by atomic mass is 10.1. The summed E-state index contributed by atoms with van der Waals surface area (Å²) in [6, 6.07) is 9.49. The molecule has 1 atom stereocenters. The lowest BCUT2D eigenvalue weighted by molar-refractivity contribution is 0.0148. The number of hydrogen-bond acceptors (Lipinski definition) is 3. The molecule has 0 radical (unpaired) electrons. The zero-order valence-corrected chi connectivity index (χ0v) is 16.4. The predicted molar refractivity (Wildman–Crippen MR) is 102 cm³/mol. The average Bonchev–Trinajstić information content (AvgIpc) is 3.04. The van der Waals surface area contributed by atoms with E-state index in [1.165, 1.54) is 5.69 Å². The maximum absolute atomic E-state index is 12.6. The summed E-state index contributed by atoms with van der Waals surface area (Å²) in [6.07, 6.45) is 2.02. The summed E-state index contributed by atoms with van der Waals surface area (Å²) in [5, 5.41) is 3.49. The number of nitrogens with zero attached hydrogens (tertiary/aromatic N) is 2. The van der Waals surface area contributed by atoms with E-state index >= 15 is 0 Å². The molecule has 1 aliphatic rings. The van der Waals surface area contributed by atoms with Crippen molar-refractivity contribution in [3.05, 3.63) is 57.3 Å². The van der Waals surface area contributed by atoms with E-state index < -0.39 is 0 Å². The average molecular weight is 427 g/mol. The minimum Gasteiger partial charge on any atom is -0.379 e. The lowest BCUT2D eigenvalue weighted by Gasteiger charge is -2.35. The molecule has 134 valence electrons. The summed E-state index contributed by atoms with van der Waals surface area (Å²) < 4.78 is 8.39. The van der Waals surface area contributed by atoms with Crippen molar-refractivity contribution in [2.75, 3.05) is 32.8 Å². The SMILES string of the molecule is Cn1cccc1C(CNC(=O)c1cc(Br)ccc1Cl)N1CCOCC1. The Hall–Kier alpha value is -1.34. The van der Waals surface area contributed by atoms with E-state index in [0.29, 0.717) is 30.3 Å². The van der Waals surface area contributed by atoms with Gasteiger partial charge in [-0.05, 0) is 30.3 Å². The van der Waals surface area contributed by atoms with Crippen molar-refractivity contribution in [2.24, 2.45) is 7.05 Å². The summed E-state index contributed by atoms with van der Waals surface area (Å²) in [6.45, 7) is 3.64. The highest BCUT2D eigenvalue weighted by Crippen LogP contribution is 2.23. The predicted octanol–water partition coefficient (Wildman–Crippen LogP) is 3.24. The van der Waals surface area contributed by atoms with Gasteiger partial charge in [0.05, 0.1) is 29.8 Å². The number of aromatic nitrogens is 1. The molecule has 25 heavy (non-hydrogen) atoms. The van der Waals surface area contributed by atoms with Crippen LogP contribution in [0.2, 0.25) is 5.02 Å². The third-order valence-electron chi connectivity index (χ3n) is 4.44. The molecule has 1 aliphatic heterocycles. The number of rotatable bonds is 5. The number of amides is 1. The van der Waals surface area contributed by atoms with Crippen LogP contribution in [0.3, 0.4) is 0 Å². The molecule has 2 heterocycles. The fourth-order valence-corrected chi connectivity index (χ4v) is 3.65. The largest absolute Gasteiger partial charge is 0.379 e. The van der Waals surface area contributed by atoms with Crippen LogP contribution in [0.5, 0.6) is 0 Å². The van der Waals surface area contributed by atoms with Gasteiger partial charge in [0, 0.05) is 43.0 Å². The number of aryl methyl sites for hydroxylation is 1. The van der Waals surface area contributed by atoms with Crippen LogP contribution in [-0.4, -0.2) is 48.2 Å². The highest BCUT2D eigenvalue weighted by atomic mass is 79.9. The molecule has 1 aromatic heterocycles. The van der Waals surface area contributed by atoms with Gasteiger partial charge in [-0.25, -0.2) is 0 Å². The molecule has 0 spiro atoms. The Bertz CT molecular complexity index is 744. The van der Waals surface area contributed by atoms with E-state index in [0.717, 1.165) is 17.6 Å². The Morgan fingerprint density at radius 1 is 1.36 bits per heavy atom. The van der Waals surface area contributed by atoms with Crippen LogP contribution in [0, 0.1) is 0 Å². The van der Waals surface area contributed by atoms with Crippen molar-refractivity contribution in [1.82, 2.24) is 14.8 Å². The summed E-state index contributed by atoms with van der Waals surface area (Å²) in [5.41, 5.74) is 1.64. The first-order chi connectivity index (χ1) is 12.1. The van der Waals surface area contributed by atoms with Gasteiger partial charge in [-0.15, -0.1) is 0 Å². The minimum atomic E-state index is -0.168. The van der Waals surface area contributed by atoms with Gasteiger partial charge in [0.1, 0.15) is 0 Å². The van der Waals surface area contributed by atoms with Gasteiger partial charge in [-0.2, -0.15) is 0 Å². The third-order valence-corrected chi connectivity index (χ3v) is 5.26. The van der Waals surface area contributed by atoms with Gasteiger partial charge in [0.25, 0.3) is 5.91 Å². The van der Waals surface area contributed by atoms with E-state index in [-0.39, 0.29) is 11.9 Å². The van der Waals surface area contributed by atoms with E-state index in [1.807, 2.05) is 25.4 Å². The molecule has 1 amide bonds. The van der Waals surface area contributed by atoms with Crippen LogP contribution in [0.1, 0.15) is 22.1 Å². The monoisotopic (exact) mass is 425 g/mol. The summed E-state index contributed by atoms with van der Waals surface area (Å²) in [5.74, 6) is -0.168. The van der Waals surface area contributed by atoms with Gasteiger partial charge < -0.3 is 14.6 Å². The topological polar surface area (TPSA) is 46.5 Å². The van der Waals surface area contributed by atoms with Gasteiger partial charge in [-0.1, -0.05) is 27.5 Å². The molecule has 3 rings (SSSR count). The van der Waals surface area contributed by atoms with Crippen molar-refractivity contribution in [3.63, 3.8) is 0 Å². The number of carbonyl (C=O) groups is 1. The van der Waals surface area contributed by atoms with Crippen LogP contribution >= 0.6 is 27.5 Å². The van der Waals surface area contributed by atoms with Gasteiger partial charge in [0.2, 0.25) is 0 Å². The Labute approximate surface area is 161 Å². The number of hydrogen-bond donors (Lipinski definition) is 1. The molecular formula is C18H21BrClN3O2. The van der Waals surface area contributed by atoms with Crippen LogP contribution < -0.4 is 5.32 Å². The van der Waals surface area contributed by atoms with E-state index in [9.17, 15) is 4.79 Å². The molecule has 7 heteroatoms. The summed E-state index contributed by atoms with van der Waals surface area (Å²) >= 11 is 9.55. The standard InChI is InChI=1S/C18H21BrClN3O2/c1-22-6-2-3-16(22)17(23-7-9-25-10-8-23)12-21-18(24)14-11-13(19)4-5-15(14)20/h2-6,11,17H,7-10,12H2,1H3,(H,21,24). The Morgan fingerprint density at radius 3 is 2.80 bits per heavy atom. The molecule has 0 aliphatic carbocycles. The molecule has 2 aromatic rings. The highest BCUT2D eigenvalue weighted by molar-refractivity contribution is 9.10. The highest BCUT2D eigenvalue weighted by Gasteiger charge is 2.25. The number of benzene rings is 1. The van der Waals surface area contributed by atoms with Crippen molar-refractivity contribution >= 4 is 33.4 Å². The van der Waals surface area contributed by atoms with Crippen LogP contribution in [0.15, 0.2) is 41.0 Å². The fourth-order valence-electron chi connectivity index (χ4n) is 3.09. The van der Waals surface area contributed by atoms with E-state index in [2.05, 4.69) is 36.8 Å². The minimum absolute atomic E-state index is 0.0961. The van der Waals surface area contributed by atoms with Crippen molar-refractivity contribution in [3.8, 4) is 0 Å². The molecule has 1 fully saturated rings. The quantitative estimate of drug-likeness (QED) is 0.798. The van der Waals surface area contributed by atoms with Crippen LogP contribution in [0.4, 0.5) is 0 Å². The van der Waals surface area contributed by atoms with Crippen LogP contribution in [0.25, 0.3) is 0 Å². The van der Waals surface area contributed by atoms with Crippen molar-refractivity contribution in [1.29, 1.82) is 0 Å². The molecule has 1 N–H and O–H groups in total. The fraction of sp³-hybridized carbons (Fsp3) is 0.389. The second-order valence-electron chi connectivity index (χ2n) is 6.04. The van der Waals surface area contributed by atoms with Gasteiger partial charge >= 0.3 is 0 Å². The molecule has 1 aromatic carbocycles. The zero-order chi connectivity index (χ0) is 17.8. The number of nitrogens with one attached hydrogen (secondary N) is 1. The Morgan fingerprint density at radius 2 is 2.12 bits per heavy atom. The van der Waals surface area contributed by atoms with Crippen LogP contribution in [-0.2, 0) is 11.8 Å². The van der Waals surface area contributed by atoms with E-state index in [1.54, 1.807) is 12.1 Å². The van der Waals surface area contributed by atoms with Crippen molar-refractivity contribution < 1.29 is 9.53 Å². The Balaban J connectivity index is 1.75. The van der Waals surface area contributed by atoms with Gasteiger partial charge in [0.15, 0.2) is 0 Å². The maximum atomic E-state index is 12.6. The number of ether oxygens (including phenoxy) is 1. The van der Waals surface area contributed by atoms with Crippen molar-refractivity contribution in [2.45, 2.75) is 6.04 Å². The molecule has 0 bridgehead atoms. The normalized spacial score (nSPS) is 16.6. The summed E-state index contributed by atoms with van der Waals surface area (Å²) in [4.78, 5) is 14.9. The number of carbonyl (C=O) groups excluding carboxylic acids is 1. The first kappa shape index (κ1) is 18.5. The van der Waals surface area contributed by atoms with Gasteiger partial charge in [-0.3, -0.25) is 9.69 Å². The lowest BCUT2D eigenvalue weighted by Crippen LogP contribution is -2.44. The molecular weight excluding hydrogens is 406 g/mol. The number of morpholine rings is 1. The maximum Gasteiger partial charge on any atom is 0.252 e. The number of halogens is 2. The molecule has 1 saturated heterocycles.